The molecule has 2 aromatic carbocycles. The van der Waals surface area contributed by atoms with Crippen molar-refractivity contribution in [3.8, 4) is 5.75 Å². The topological polar surface area (TPSA) is 84.5 Å². The molecule has 140 valence electrons. The summed E-state index contributed by atoms with van der Waals surface area (Å²) in [6.07, 6.45) is 0.715. The molecule has 2 N–H and O–H groups in total. The molecule has 2 aromatic rings. The monoisotopic (exact) mass is 440 g/mol. The molecule has 6 nitrogen and oxygen atoms in total. The molecule has 0 heterocycles. The molecule has 2 rings (SSSR count). The van der Waals surface area contributed by atoms with E-state index < -0.39 is 10.0 Å². The number of aryl methyl sites for hydroxylation is 1. The predicted molar refractivity (Wildman–Crippen MR) is 105 cm³/mol. The van der Waals surface area contributed by atoms with E-state index in [-0.39, 0.29) is 17.4 Å². The van der Waals surface area contributed by atoms with Gasteiger partial charge in [-0.1, -0.05) is 28.9 Å². The lowest BCUT2D eigenvalue weighted by atomic mass is 10.2. The molecule has 0 radical (unpaired) electrons. The molecule has 1 amide bonds. The second-order valence-electron chi connectivity index (χ2n) is 5.67. The molecule has 0 saturated heterocycles. The molecule has 0 aromatic heterocycles. The Labute approximate surface area is 162 Å². The summed E-state index contributed by atoms with van der Waals surface area (Å²) in [5, 5.41) is 2.73. The lowest BCUT2D eigenvalue weighted by Crippen LogP contribution is -2.24. The number of halogens is 1. The van der Waals surface area contributed by atoms with E-state index in [0.29, 0.717) is 30.0 Å². The molecule has 0 aliphatic rings. The van der Waals surface area contributed by atoms with Gasteiger partial charge >= 0.3 is 0 Å². The van der Waals surface area contributed by atoms with E-state index >= 15 is 0 Å². The van der Waals surface area contributed by atoms with Crippen LogP contribution in [0, 0.1) is 6.92 Å². The van der Waals surface area contributed by atoms with Gasteiger partial charge < -0.3 is 10.1 Å². The van der Waals surface area contributed by atoms with Crippen LogP contribution in [0.25, 0.3) is 0 Å². The number of carbonyl (C=O) groups excluding carboxylic acids is 1. The summed E-state index contributed by atoms with van der Waals surface area (Å²) in [5.41, 5.74) is 1.30. The van der Waals surface area contributed by atoms with E-state index in [1.807, 2.05) is 19.1 Å². The lowest BCUT2D eigenvalue weighted by molar-refractivity contribution is -0.118. The van der Waals surface area contributed by atoms with E-state index in [1.54, 1.807) is 25.1 Å². The van der Waals surface area contributed by atoms with Gasteiger partial charge in [-0.2, -0.15) is 0 Å². The number of anilines is 1. The number of amides is 1. The minimum atomic E-state index is -3.53. The number of carbonyl (C=O) groups is 1. The van der Waals surface area contributed by atoms with E-state index in [9.17, 15) is 13.2 Å². The van der Waals surface area contributed by atoms with Crippen molar-refractivity contribution in [2.75, 3.05) is 18.5 Å². The zero-order valence-corrected chi connectivity index (χ0v) is 17.0. The predicted octanol–water partition coefficient (Wildman–Crippen LogP) is 3.46. The Balaban J connectivity index is 1.98. The Bertz CT molecular complexity index is 885. The Morgan fingerprint density at radius 1 is 1.19 bits per heavy atom. The van der Waals surface area contributed by atoms with Gasteiger partial charge in [-0.05, 0) is 55.3 Å². The number of ether oxygens (including phenoxy) is 1. The molecule has 8 heteroatoms. The fraction of sp³-hybridized carbons (Fsp3) is 0.278. The Hall–Kier alpha value is -1.90. The van der Waals surface area contributed by atoms with Crippen molar-refractivity contribution in [2.24, 2.45) is 0 Å². The summed E-state index contributed by atoms with van der Waals surface area (Å²) in [6, 6.07) is 11.8. The Morgan fingerprint density at radius 3 is 2.62 bits per heavy atom. The van der Waals surface area contributed by atoms with Gasteiger partial charge in [0.1, 0.15) is 5.75 Å². The summed E-state index contributed by atoms with van der Waals surface area (Å²) in [4.78, 5) is 12.2. The second kappa shape index (κ2) is 9.16. The number of hydrogen-bond donors (Lipinski definition) is 2. The molecule has 0 aliphatic carbocycles. The van der Waals surface area contributed by atoms with Gasteiger partial charge in [0, 0.05) is 16.7 Å². The fourth-order valence-corrected chi connectivity index (χ4v) is 3.80. The van der Waals surface area contributed by atoms with Gasteiger partial charge in [-0.15, -0.1) is 0 Å². The van der Waals surface area contributed by atoms with Crippen LogP contribution < -0.4 is 14.8 Å². The van der Waals surface area contributed by atoms with Crippen molar-refractivity contribution >= 4 is 37.5 Å². The highest BCUT2D eigenvalue weighted by Gasteiger charge is 2.15. The van der Waals surface area contributed by atoms with Crippen LogP contribution in [0.1, 0.15) is 18.9 Å². The van der Waals surface area contributed by atoms with Gasteiger partial charge in [0.2, 0.25) is 10.0 Å². The zero-order valence-electron chi connectivity index (χ0n) is 14.6. The quantitative estimate of drug-likeness (QED) is 0.657. The first kappa shape index (κ1) is 20.4. The van der Waals surface area contributed by atoms with E-state index in [0.717, 1.165) is 4.47 Å². The maximum Gasteiger partial charge on any atom is 0.262 e. The fourth-order valence-electron chi connectivity index (χ4n) is 2.18. The second-order valence-corrected chi connectivity index (χ2v) is 8.35. The molecule has 0 saturated carbocycles. The van der Waals surface area contributed by atoms with Gasteiger partial charge in [0.25, 0.3) is 5.91 Å². The van der Waals surface area contributed by atoms with Crippen molar-refractivity contribution in [1.82, 2.24) is 4.72 Å². The molecule has 26 heavy (non-hydrogen) atoms. The van der Waals surface area contributed by atoms with Crippen molar-refractivity contribution in [2.45, 2.75) is 25.2 Å². The first-order valence-corrected chi connectivity index (χ1v) is 10.4. The van der Waals surface area contributed by atoms with Crippen LogP contribution in [0.2, 0.25) is 0 Å². The molecule has 0 atom stereocenters. The molecule has 0 spiro atoms. The molecule has 0 bridgehead atoms. The normalized spacial score (nSPS) is 11.2. The third-order valence-corrected chi connectivity index (χ3v) is 5.42. The largest absolute Gasteiger partial charge is 0.483 e. The molecule has 0 fully saturated rings. The van der Waals surface area contributed by atoms with E-state index in [2.05, 4.69) is 26.0 Å². The summed E-state index contributed by atoms with van der Waals surface area (Å²) >= 11 is 3.34. The number of benzene rings is 2. The summed E-state index contributed by atoms with van der Waals surface area (Å²) in [5.74, 6) is 0.160. The maximum atomic E-state index is 12.1. The lowest BCUT2D eigenvalue weighted by Gasteiger charge is -2.12. The molecule has 0 aliphatic heterocycles. The molecular weight excluding hydrogens is 420 g/mol. The van der Waals surface area contributed by atoms with Crippen LogP contribution in [0.15, 0.2) is 51.8 Å². The van der Waals surface area contributed by atoms with Crippen LogP contribution in [-0.2, 0) is 14.8 Å². The Kier molecular flexibility index (Phi) is 7.19. The Morgan fingerprint density at radius 2 is 1.96 bits per heavy atom. The SMILES string of the molecule is CCCNS(=O)(=O)c1ccc(OCC(=O)Nc2cccc(Br)c2)c(C)c1. The third kappa shape index (κ3) is 5.82. The van der Waals surface area contributed by atoms with Crippen molar-refractivity contribution in [3.63, 3.8) is 0 Å². The highest BCUT2D eigenvalue weighted by molar-refractivity contribution is 9.10. The van der Waals surface area contributed by atoms with Gasteiger partial charge in [0.05, 0.1) is 4.90 Å². The van der Waals surface area contributed by atoms with Crippen LogP contribution in [0.4, 0.5) is 5.69 Å². The average Bonchev–Trinajstić information content (AvgIpc) is 2.59. The first-order chi connectivity index (χ1) is 12.3. The first-order valence-electron chi connectivity index (χ1n) is 8.10. The number of nitrogens with one attached hydrogen (secondary N) is 2. The van der Waals surface area contributed by atoms with Crippen molar-refractivity contribution < 1.29 is 17.9 Å². The number of sulfonamides is 1. The number of rotatable bonds is 8. The van der Waals surface area contributed by atoms with Gasteiger partial charge in [-0.3, -0.25) is 4.79 Å². The molecule has 0 unspecified atom stereocenters. The minimum Gasteiger partial charge on any atom is -0.483 e. The van der Waals surface area contributed by atoms with Crippen LogP contribution in [-0.4, -0.2) is 27.5 Å². The van der Waals surface area contributed by atoms with Gasteiger partial charge in [0.15, 0.2) is 6.61 Å². The highest BCUT2D eigenvalue weighted by Crippen LogP contribution is 2.22. The van der Waals surface area contributed by atoms with Crippen molar-refractivity contribution in [3.05, 3.63) is 52.5 Å². The summed E-state index contributed by atoms with van der Waals surface area (Å²) < 4.78 is 33.2. The van der Waals surface area contributed by atoms with Crippen LogP contribution in [0.5, 0.6) is 5.75 Å². The average molecular weight is 441 g/mol. The molecular formula is C18H21BrN2O4S. The van der Waals surface area contributed by atoms with E-state index in [4.69, 9.17) is 4.74 Å². The minimum absolute atomic E-state index is 0.173. The number of hydrogen-bond acceptors (Lipinski definition) is 4. The highest BCUT2D eigenvalue weighted by atomic mass is 79.9. The third-order valence-electron chi connectivity index (χ3n) is 3.47. The maximum absolute atomic E-state index is 12.1. The summed E-state index contributed by atoms with van der Waals surface area (Å²) in [7, 11) is -3.53. The van der Waals surface area contributed by atoms with Gasteiger partial charge in [-0.25, -0.2) is 13.1 Å². The smallest absolute Gasteiger partial charge is 0.262 e. The zero-order chi connectivity index (χ0) is 19.2. The van der Waals surface area contributed by atoms with E-state index in [1.165, 1.54) is 12.1 Å². The summed E-state index contributed by atoms with van der Waals surface area (Å²) in [6.45, 7) is 3.84. The standard InChI is InChI=1S/C18H21BrN2O4S/c1-3-9-20-26(23,24)16-7-8-17(13(2)10-16)25-12-18(22)21-15-6-4-5-14(19)11-15/h4-8,10-11,20H,3,9,12H2,1-2H3,(H,21,22). The van der Waals surface area contributed by atoms with Crippen molar-refractivity contribution in [1.29, 1.82) is 0 Å². The van der Waals surface area contributed by atoms with Crippen LogP contribution >= 0.6 is 15.9 Å². The van der Waals surface area contributed by atoms with Crippen LogP contribution in [0.3, 0.4) is 0 Å².